The Labute approximate surface area is 187 Å². The number of rotatable bonds is 4. The van der Waals surface area contributed by atoms with Gasteiger partial charge in [-0.15, -0.1) is 0 Å². The number of carbonyl (C=O) groups excluding carboxylic acids is 1. The summed E-state index contributed by atoms with van der Waals surface area (Å²) in [5.41, 5.74) is 1.98. The van der Waals surface area contributed by atoms with Gasteiger partial charge >= 0.3 is 12.2 Å². The Bertz CT molecular complexity index is 1120. The minimum Gasteiger partial charge on any atom is -0.322 e. The summed E-state index contributed by atoms with van der Waals surface area (Å²) in [7, 11) is 0. The smallest absolute Gasteiger partial charge is 0.322 e. The maximum absolute atomic E-state index is 13.4. The molecule has 0 spiro atoms. The van der Waals surface area contributed by atoms with Crippen LogP contribution in [0.5, 0.6) is 0 Å². The summed E-state index contributed by atoms with van der Waals surface area (Å²) < 4.78 is 41.4. The maximum Gasteiger partial charge on any atom is 0.449 e. The Kier molecular flexibility index (Phi) is 6.25. The van der Waals surface area contributed by atoms with Gasteiger partial charge < -0.3 is 14.8 Å². The molecule has 1 saturated heterocycles. The quantitative estimate of drug-likeness (QED) is 0.624. The third-order valence-electron chi connectivity index (χ3n) is 5.42. The highest BCUT2D eigenvalue weighted by molar-refractivity contribution is 6.33. The van der Waals surface area contributed by atoms with Crippen molar-refractivity contribution >= 4 is 34.5 Å². The lowest BCUT2D eigenvalue weighted by Crippen LogP contribution is -2.50. The number of pyridine rings is 1. The van der Waals surface area contributed by atoms with Crippen molar-refractivity contribution in [2.75, 3.05) is 38.0 Å². The number of nitrogens with one attached hydrogen (secondary N) is 1. The Morgan fingerprint density at radius 2 is 1.91 bits per heavy atom. The fraction of sp³-hybridized carbons (Fsp3) is 0.381. The van der Waals surface area contributed by atoms with Crippen molar-refractivity contribution in [1.29, 1.82) is 0 Å². The molecule has 2 amide bonds. The van der Waals surface area contributed by atoms with Crippen molar-refractivity contribution in [3.63, 3.8) is 0 Å². The van der Waals surface area contributed by atoms with Crippen LogP contribution in [-0.4, -0.2) is 63.1 Å². The highest BCUT2D eigenvalue weighted by Crippen LogP contribution is 2.31. The molecule has 11 heteroatoms. The number of piperazine rings is 1. The molecule has 0 saturated carbocycles. The SMILES string of the molecule is Cc1ccc(NC(=O)N2CCN(CCn3c(C(F)(F)F)nc4cccnc43)CC2)c(Cl)c1. The average Bonchev–Trinajstić information content (AvgIpc) is 3.14. The van der Waals surface area contributed by atoms with Crippen LogP contribution in [0.25, 0.3) is 11.2 Å². The fourth-order valence-electron chi connectivity index (χ4n) is 3.72. The number of imidazole rings is 1. The molecular weight excluding hydrogens is 445 g/mol. The van der Waals surface area contributed by atoms with Crippen LogP contribution in [0, 0.1) is 6.92 Å². The Balaban J connectivity index is 1.35. The number of urea groups is 1. The monoisotopic (exact) mass is 466 g/mol. The number of hydrogen-bond acceptors (Lipinski definition) is 4. The van der Waals surface area contributed by atoms with E-state index >= 15 is 0 Å². The van der Waals surface area contributed by atoms with Crippen LogP contribution in [-0.2, 0) is 12.7 Å². The van der Waals surface area contributed by atoms with Gasteiger partial charge in [0.15, 0.2) is 5.65 Å². The first-order valence-electron chi connectivity index (χ1n) is 10.2. The van der Waals surface area contributed by atoms with Gasteiger partial charge in [-0.2, -0.15) is 13.2 Å². The van der Waals surface area contributed by atoms with Crippen LogP contribution in [0.4, 0.5) is 23.7 Å². The number of alkyl halides is 3. The number of carbonyl (C=O) groups is 1. The molecule has 1 aromatic carbocycles. The van der Waals surface area contributed by atoms with Crippen molar-refractivity contribution in [1.82, 2.24) is 24.3 Å². The molecule has 0 radical (unpaired) electrons. The first-order valence-corrected chi connectivity index (χ1v) is 10.5. The van der Waals surface area contributed by atoms with Crippen molar-refractivity contribution in [3.05, 3.63) is 52.9 Å². The molecule has 0 unspecified atom stereocenters. The summed E-state index contributed by atoms with van der Waals surface area (Å²) in [5.74, 6) is -0.945. The van der Waals surface area contributed by atoms with Crippen LogP contribution >= 0.6 is 11.6 Å². The van der Waals surface area contributed by atoms with E-state index in [9.17, 15) is 18.0 Å². The minimum atomic E-state index is -4.56. The molecule has 1 fully saturated rings. The first kappa shape index (κ1) is 22.3. The van der Waals surface area contributed by atoms with Crippen molar-refractivity contribution in [2.45, 2.75) is 19.6 Å². The topological polar surface area (TPSA) is 66.3 Å². The molecule has 1 aliphatic heterocycles. The largest absolute Gasteiger partial charge is 0.449 e. The van der Waals surface area contributed by atoms with Gasteiger partial charge in [0.05, 0.1) is 10.7 Å². The van der Waals surface area contributed by atoms with Gasteiger partial charge in [-0.25, -0.2) is 14.8 Å². The van der Waals surface area contributed by atoms with E-state index < -0.39 is 12.0 Å². The lowest BCUT2D eigenvalue weighted by molar-refractivity contribution is -0.147. The van der Waals surface area contributed by atoms with E-state index in [0.29, 0.717) is 43.4 Å². The molecule has 0 bridgehead atoms. The van der Waals surface area contributed by atoms with Crippen LogP contribution in [0.15, 0.2) is 36.5 Å². The zero-order valence-electron chi connectivity index (χ0n) is 17.4. The standard InChI is InChI=1S/C21H22ClF3N6O/c1-14-4-5-16(15(22)13-14)28-20(32)30-10-7-29(8-11-30)9-12-31-18-17(3-2-6-26-18)27-19(31)21(23,24)25/h2-6,13H,7-12H2,1H3,(H,28,32). The molecule has 1 N–H and O–H groups in total. The molecule has 3 aromatic rings. The van der Waals surface area contributed by atoms with Gasteiger partial charge in [0, 0.05) is 45.5 Å². The number of amides is 2. The van der Waals surface area contributed by atoms with E-state index in [-0.39, 0.29) is 23.7 Å². The molecule has 170 valence electrons. The summed E-state index contributed by atoms with van der Waals surface area (Å²) in [6.07, 6.45) is -3.10. The van der Waals surface area contributed by atoms with E-state index in [1.807, 2.05) is 17.9 Å². The number of aryl methyl sites for hydroxylation is 1. The molecule has 7 nitrogen and oxygen atoms in total. The lowest BCUT2D eigenvalue weighted by atomic mass is 10.2. The third-order valence-corrected chi connectivity index (χ3v) is 5.74. The van der Waals surface area contributed by atoms with E-state index in [4.69, 9.17) is 11.6 Å². The zero-order valence-corrected chi connectivity index (χ0v) is 18.1. The van der Waals surface area contributed by atoms with E-state index in [1.165, 1.54) is 12.3 Å². The van der Waals surface area contributed by atoms with Crippen LogP contribution in [0.1, 0.15) is 11.4 Å². The summed E-state index contributed by atoms with van der Waals surface area (Å²) >= 11 is 6.18. The van der Waals surface area contributed by atoms with Crippen molar-refractivity contribution in [2.24, 2.45) is 0 Å². The molecule has 1 aliphatic rings. The summed E-state index contributed by atoms with van der Waals surface area (Å²) in [5, 5.41) is 3.28. The highest BCUT2D eigenvalue weighted by atomic mass is 35.5. The van der Waals surface area contributed by atoms with Crippen LogP contribution in [0.3, 0.4) is 0 Å². The molecule has 0 aliphatic carbocycles. The van der Waals surface area contributed by atoms with E-state index in [1.54, 1.807) is 23.1 Å². The molecule has 32 heavy (non-hydrogen) atoms. The fourth-order valence-corrected chi connectivity index (χ4v) is 4.00. The predicted octanol–water partition coefficient (Wildman–Crippen LogP) is 4.26. The lowest BCUT2D eigenvalue weighted by Gasteiger charge is -2.34. The summed E-state index contributed by atoms with van der Waals surface area (Å²) in [4.78, 5) is 24.0. The second-order valence-corrected chi connectivity index (χ2v) is 8.08. The van der Waals surface area contributed by atoms with Crippen molar-refractivity contribution < 1.29 is 18.0 Å². The van der Waals surface area contributed by atoms with Gasteiger partial charge in [-0.3, -0.25) is 4.90 Å². The number of hydrogen-bond donors (Lipinski definition) is 1. The molecule has 2 aromatic heterocycles. The van der Waals surface area contributed by atoms with Crippen LogP contribution < -0.4 is 5.32 Å². The second kappa shape index (κ2) is 8.95. The normalized spacial score (nSPS) is 15.3. The molecule has 0 atom stereocenters. The van der Waals surface area contributed by atoms with Gasteiger partial charge in [0.1, 0.15) is 5.52 Å². The Morgan fingerprint density at radius 3 is 2.59 bits per heavy atom. The first-order chi connectivity index (χ1) is 15.2. The summed E-state index contributed by atoms with van der Waals surface area (Å²) in [6.45, 7) is 4.44. The second-order valence-electron chi connectivity index (χ2n) is 7.67. The molecular formula is C21H22ClF3N6O. The van der Waals surface area contributed by atoms with Gasteiger partial charge in [0.2, 0.25) is 5.82 Å². The van der Waals surface area contributed by atoms with E-state index in [2.05, 4.69) is 15.3 Å². The van der Waals surface area contributed by atoms with Gasteiger partial charge in [-0.1, -0.05) is 17.7 Å². The van der Waals surface area contributed by atoms with Crippen LogP contribution in [0.2, 0.25) is 5.02 Å². The number of halogens is 4. The van der Waals surface area contributed by atoms with E-state index in [0.717, 1.165) is 10.1 Å². The Morgan fingerprint density at radius 1 is 1.16 bits per heavy atom. The van der Waals surface area contributed by atoms with Gasteiger partial charge in [-0.05, 0) is 36.8 Å². The van der Waals surface area contributed by atoms with Crippen molar-refractivity contribution in [3.8, 4) is 0 Å². The summed E-state index contributed by atoms with van der Waals surface area (Å²) in [6, 6.07) is 8.23. The average molecular weight is 467 g/mol. The molecule has 3 heterocycles. The number of benzene rings is 1. The zero-order chi connectivity index (χ0) is 22.9. The predicted molar refractivity (Wildman–Crippen MR) is 116 cm³/mol. The number of fused-ring (bicyclic) bond motifs is 1. The molecule has 4 rings (SSSR count). The number of aromatic nitrogens is 3. The minimum absolute atomic E-state index is 0.105. The van der Waals surface area contributed by atoms with Gasteiger partial charge in [0.25, 0.3) is 0 Å². The number of nitrogens with zero attached hydrogens (tertiary/aromatic N) is 5. The highest BCUT2D eigenvalue weighted by Gasteiger charge is 2.38. The maximum atomic E-state index is 13.4. The number of anilines is 1. The Hall–Kier alpha value is -2.85. The third kappa shape index (κ3) is 4.81.